The van der Waals surface area contributed by atoms with Crippen LogP contribution in [0.5, 0.6) is 0 Å². The lowest BCUT2D eigenvalue weighted by atomic mass is 9.76. The minimum Gasteiger partial charge on any atom is -0.369 e. The summed E-state index contributed by atoms with van der Waals surface area (Å²) in [6.45, 7) is 3.32. The van der Waals surface area contributed by atoms with Crippen LogP contribution in [-0.4, -0.2) is 22.8 Å². The summed E-state index contributed by atoms with van der Waals surface area (Å²) in [5, 5.41) is 4.17. The highest BCUT2D eigenvalue weighted by molar-refractivity contribution is 7.98. The monoisotopic (exact) mass is 281 g/mol. The predicted octanol–water partition coefficient (Wildman–Crippen LogP) is 2.87. The molecule has 0 bridgehead atoms. The molecular formula is C13H23N5S. The van der Waals surface area contributed by atoms with Crippen molar-refractivity contribution in [1.29, 1.82) is 0 Å². The lowest BCUT2D eigenvalue weighted by Gasteiger charge is -2.33. The zero-order valence-electron chi connectivity index (χ0n) is 11.7. The summed E-state index contributed by atoms with van der Waals surface area (Å²) in [6, 6.07) is 1.85. The molecule has 0 amide bonds. The smallest absolute Gasteiger partial charge is 0.191 e. The zero-order valence-corrected chi connectivity index (χ0v) is 12.5. The molecule has 0 unspecified atom stereocenters. The predicted molar refractivity (Wildman–Crippen MR) is 81.3 cm³/mol. The van der Waals surface area contributed by atoms with Crippen molar-refractivity contribution >= 4 is 23.4 Å². The van der Waals surface area contributed by atoms with E-state index in [0.717, 1.165) is 17.5 Å². The number of thioether (sulfide) groups is 1. The number of nitrogens with two attached hydrogens (primary N) is 1. The van der Waals surface area contributed by atoms with E-state index in [1.54, 1.807) is 0 Å². The second-order valence-electron chi connectivity index (χ2n) is 5.49. The Morgan fingerprint density at radius 3 is 2.58 bits per heavy atom. The summed E-state index contributed by atoms with van der Waals surface area (Å²) in [4.78, 5) is 8.72. The molecule has 2 rings (SSSR count). The van der Waals surface area contributed by atoms with E-state index in [1.807, 2.05) is 12.3 Å². The van der Waals surface area contributed by atoms with Gasteiger partial charge in [0.1, 0.15) is 11.6 Å². The molecule has 4 N–H and O–H groups in total. The summed E-state index contributed by atoms with van der Waals surface area (Å²) in [5.74, 6) is 6.93. The molecule has 1 heterocycles. The van der Waals surface area contributed by atoms with Gasteiger partial charge in [-0.25, -0.2) is 15.8 Å². The first-order valence-electron chi connectivity index (χ1n) is 6.79. The maximum atomic E-state index is 5.43. The highest BCUT2D eigenvalue weighted by Gasteiger charge is 2.26. The minimum atomic E-state index is 0.388. The van der Waals surface area contributed by atoms with Crippen molar-refractivity contribution in [2.45, 2.75) is 44.2 Å². The Labute approximate surface area is 119 Å². The quantitative estimate of drug-likeness (QED) is 0.333. The van der Waals surface area contributed by atoms with Gasteiger partial charge in [-0.2, -0.15) is 0 Å². The van der Waals surface area contributed by atoms with Crippen LogP contribution < -0.4 is 16.6 Å². The van der Waals surface area contributed by atoms with Gasteiger partial charge in [0.05, 0.1) is 0 Å². The molecule has 1 aromatic rings. The molecule has 0 aromatic carbocycles. The average Bonchev–Trinajstić information content (AvgIpc) is 2.45. The van der Waals surface area contributed by atoms with Crippen LogP contribution in [-0.2, 0) is 0 Å². The summed E-state index contributed by atoms with van der Waals surface area (Å²) in [5.41, 5.74) is 2.97. The van der Waals surface area contributed by atoms with E-state index in [0.29, 0.717) is 11.2 Å². The van der Waals surface area contributed by atoms with Gasteiger partial charge in [0.25, 0.3) is 0 Å². The number of aromatic nitrogens is 2. The maximum absolute atomic E-state index is 5.43. The summed E-state index contributed by atoms with van der Waals surface area (Å²) < 4.78 is 0. The lowest BCUT2D eigenvalue weighted by molar-refractivity contribution is 0.233. The Kier molecular flexibility index (Phi) is 4.87. The first-order chi connectivity index (χ1) is 9.15. The zero-order chi connectivity index (χ0) is 13.7. The van der Waals surface area contributed by atoms with Gasteiger partial charge in [-0.3, -0.25) is 0 Å². The van der Waals surface area contributed by atoms with Gasteiger partial charge >= 0.3 is 0 Å². The van der Waals surface area contributed by atoms with Gasteiger partial charge in [0, 0.05) is 12.6 Å². The Morgan fingerprint density at radius 2 is 1.95 bits per heavy atom. The molecule has 0 radical (unpaired) electrons. The van der Waals surface area contributed by atoms with E-state index in [9.17, 15) is 0 Å². The molecular weight excluding hydrogens is 258 g/mol. The molecule has 19 heavy (non-hydrogen) atoms. The lowest BCUT2D eigenvalue weighted by Crippen LogP contribution is -2.29. The van der Waals surface area contributed by atoms with Crippen LogP contribution >= 0.6 is 11.8 Å². The normalized spacial score (nSPS) is 18.1. The van der Waals surface area contributed by atoms with Gasteiger partial charge in [0.15, 0.2) is 5.16 Å². The summed E-state index contributed by atoms with van der Waals surface area (Å²) in [6.07, 6.45) is 8.61. The van der Waals surface area contributed by atoms with Crippen molar-refractivity contribution < 1.29 is 0 Å². The number of hydrogen-bond acceptors (Lipinski definition) is 6. The SMILES string of the molecule is CSc1nc(NN)cc(NCC2(C)CCCCC2)n1. The molecule has 0 aliphatic heterocycles. The molecule has 1 fully saturated rings. The fourth-order valence-electron chi connectivity index (χ4n) is 2.57. The molecule has 1 saturated carbocycles. The number of hydrogen-bond donors (Lipinski definition) is 3. The molecule has 1 aromatic heterocycles. The van der Waals surface area contributed by atoms with Gasteiger partial charge in [-0.05, 0) is 24.5 Å². The maximum Gasteiger partial charge on any atom is 0.191 e. The molecule has 1 aliphatic rings. The van der Waals surface area contributed by atoms with Crippen molar-refractivity contribution in [3.63, 3.8) is 0 Å². The fraction of sp³-hybridized carbons (Fsp3) is 0.692. The van der Waals surface area contributed by atoms with Gasteiger partial charge in [-0.15, -0.1) is 0 Å². The first kappa shape index (κ1) is 14.4. The van der Waals surface area contributed by atoms with Crippen molar-refractivity contribution in [1.82, 2.24) is 9.97 Å². The fourth-order valence-corrected chi connectivity index (χ4v) is 2.95. The highest BCUT2D eigenvalue weighted by Crippen LogP contribution is 2.35. The number of nitrogens with one attached hydrogen (secondary N) is 2. The Bertz CT molecular complexity index is 395. The van der Waals surface area contributed by atoms with Crippen LogP contribution in [0.4, 0.5) is 11.6 Å². The number of rotatable bonds is 5. The topological polar surface area (TPSA) is 75.9 Å². The van der Waals surface area contributed by atoms with Crippen LogP contribution in [0.25, 0.3) is 0 Å². The minimum absolute atomic E-state index is 0.388. The standard InChI is InChI=1S/C13H23N5S/c1-13(6-4-3-5-7-13)9-15-10-8-11(18-14)17-12(16-10)19-2/h8H,3-7,9,14H2,1-2H3,(H2,15,16,17,18). The molecule has 0 atom stereocenters. The van der Waals surface area contributed by atoms with E-state index in [4.69, 9.17) is 5.84 Å². The van der Waals surface area contributed by atoms with Crippen LogP contribution in [0.2, 0.25) is 0 Å². The second kappa shape index (κ2) is 6.43. The molecule has 5 nitrogen and oxygen atoms in total. The van der Waals surface area contributed by atoms with Gasteiger partial charge < -0.3 is 10.7 Å². The summed E-state index contributed by atoms with van der Waals surface area (Å²) in [7, 11) is 0. The first-order valence-corrected chi connectivity index (χ1v) is 8.01. The van der Waals surface area contributed by atoms with Crippen molar-refractivity contribution in [2.24, 2.45) is 11.3 Å². The Balaban J connectivity index is 2.02. The molecule has 106 valence electrons. The summed E-state index contributed by atoms with van der Waals surface area (Å²) >= 11 is 1.52. The number of nitrogen functional groups attached to an aromatic ring is 1. The van der Waals surface area contributed by atoms with Crippen LogP contribution in [0, 0.1) is 5.41 Å². The van der Waals surface area contributed by atoms with E-state index in [2.05, 4.69) is 27.6 Å². The molecule has 0 spiro atoms. The van der Waals surface area contributed by atoms with E-state index in [-0.39, 0.29) is 0 Å². The van der Waals surface area contributed by atoms with Crippen molar-refractivity contribution in [3.8, 4) is 0 Å². The number of nitrogens with zero attached hydrogens (tertiary/aromatic N) is 2. The molecule has 6 heteroatoms. The number of anilines is 2. The van der Waals surface area contributed by atoms with Crippen molar-refractivity contribution in [2.75, 3.05) is 23.5 Å². The molecule has 1 aliphatic carbocycles. The highest BCUT2D eigenvalue weighted by atomic mass is 32.2. The third-order valence-corrected chi connectivity index (χ3v) is 4.34. The Morgan fingerprint density at radius 1 is 1.26 bits per heavy atom. The van der Waals surface area contributed by atoms with E-state index in [1.165, 1.54) is 43.9 Å². The van der Waals surface area contributed by atoms with Crippen LogP contribution in [0.3, 0.4) is 0 Å². The third kappa shape index (κ3) is 3.98. The van der Waals surface area contributed by atoms with Crippen molar-refractivity contribution in [3.05, 3.63) is 6.07 Å². The van der Waals surface area contributed by atoms with Crippen LogP contribution in [0.15, 0.2) is 11.2 Å². The van der Waals surface area contributed by atoms with Crippen LogP contribution in [0.1, 0.15) is 39.0 Å². The largest absolute Gasteiger partial charge is 0.369 e. The molecule has 0 saturated heterocycles. The second-order valence-corrected chi connectivity index (χ2v) is 6.27. The third-order valence-electron chi connectivity index (χ3n) is 3.79. The Hall–Kier alpha value is -1.01. The number of hydrazine groups is 1. The van der Waals surface area contributed by atoms with Gasteiger partial charge in [-0.1, -0.05) is 37.9 Å². The van der Waals surface area contributed by atoms with Gasteiger partial charge in [0.2, 0.25) is 0 Å². The van der Waals surface area contributed by atoms with E-state index >= 15 is 0 Å². The average molecular weight is 281 g/mol. The van der Waals surface area contributed by atoms with E-state index < -0.39 is 0 Å².